The van der Waals surface area contributed by atoms with Crippen LogP contribution in [0.2, 0.25) is 0 Å². The molecule has 12 heteroatoms. The van der Waals surface area contributed by atoms with Crippen LogP contribution in [-0.2, 0) is 9.47 Å². The van der Waals surface area contributed by atoms with Crippen molar-refractivity contribution in [3.63, 3.8) is 0 Å². The van der Waals surface area contributed by atoms with Gasteiger partial charge in [0.1, 0.15) is 0 Å². The fraction of sp³-hybridized carbons (Fsp3) is 0.364. The van der Waals surface area contributed by atoms with Gasteiger partial charge in [-0.2, -0.15) is 0 Å². The van der Waals surface area contributed by atoms with Crippen LogP contribution in [0.4, 0.5) is 11.4 Å². The van der Waals surface area contributed by atoms with Crippen LogP contribution in [0, 0.1) is 0 Å². The average molecular weight is 753 g/mol. The molecular weight excluding hydrogens is 705 g/mol. The molecule has 6 aromatic rings. The lowest BCUT2D eigenvalue weighted by Crippen LogP contribution is -2.48. The summed E-state index contributed by atoms with van der Waals surface area (Å²) in [5.41, 5.74) is 6.56. The molecule has 288 valence electrons. The quantitative estimate of drug-likeness (QED) is 0.182. The van der Waals surface area contributed by atoms with Gasteiger partial charge in [0.25, 0.3) is 11.8 Å². The molecule has 3 aliphatic heterocycles. The van der Waals surface area contributed by atoms with Crippen LogP contribution < -0.4 is 10.6 Å². The minimum Gasteiger partial charge on any atom is -0.383 e. The summed E-state index contributed by atoms with van der Waals surface area (Å²) in [5, 5.41) is 11.6. The number of nitrogens with one attached hydrogen (secondary N) is 2. The summed E-state index contributed by atoms with van der Waals surface area (Å²) in [6.45, 7) is 12.0. The van der Waals surface area contributed by atoms with Gasteiger partial charge >= 0.3 is 0 Å². The Hall–Kier alpha value is -5.40. The number of ether oxygens (including phenoxy) is 2. The van der Waals surface area contributed by atoms with E-state index in [-0.39, 0.29) is 11.8 Å². The molecule has 2 N–H and O–H groups in total. The second kappa shape index (κ2) is 16.4. The van der Waals surface area contributed by atoms with E-state index in [0.717, 1.165) is 107 Å². The summed E-state index contributed by atoms with van der Waals surface area (Å²) >= 11 is 0. The molecule has 0 radical (unpaired) electrons. The lowest BCUT2D eigenvalue weighted by Gasteiger charge is -2.35. The fourth-order valence-electron chi connectivity index (χ4n) is 8.34. The lowest BCUT2D eigenvalue weighted by molar-refractivity contribution is 0.0302. The van der Waals surface area contributed by atoms with Crippen molar-refractivity contribution in [1.82, 2.24) is 29.6 Å². The highest BCUT2D eigenvalue weighted by atomic mass is 16.5. The van der Waals surface area contributed by atoms with Gasteiger partial charge in [-0.1, -0.05) is 60.7 Å². The van der Waals surface area contributed by atoms with Gasteiger partial charge in [0.2, 0.25) is 0 Å². The maximum absolute atomic E-state index is 13.6. The Kier molecular flexibility index (Phi) is 10.6. The van der Waals surface area contributed by atoms with Crippen LogP contribution in [0.1, 0.15) is 20.7 Å². The van der Waals surface area contributed by atoms with Gasteiger partial charge in [-0.25, -0.2) is 9.97 Å². The van der Waals surface area contributed by atoms with Crippen molar-refractivity contribution in [3.8, 4) is 0 Å². The SMILES string of the molecule is O=C(c1cccc2c(NCCN3CCN(CCNc4c5ccccc5nc5c(C(=O)N6CCOCC6)cccc45)CC3)c3ccccc3nc12)N1CCOCC1. The molecule has 4 aromatic carbocycles. The molecule has 56 heavy (non-hydrogen) atoms. The summed E-state index contributed by atoms with van der Waals surface area (Å²) in [7, 11) is 0. The van der Waals surface area contributed by atoms with Gasteiger partial charge in [0.05, 0.1) is 71.0 Å². The maximum Gasteiger partial charge on any atom is 0.256 e. The number of fused-ring (bicyclic) bond motifs is 4. The second-order valence-electron chi connectivity index (χ2n) is 14.8. The van der Waals surface area contributed by atoms with Gasteiger partial charge in [0, 0.05) is 100 Å². The third-order valence-electron chi connectivity index (χ3n) is 11.4. The van der Waals surface area contributed by atoms with E-state index >= 15 is 0 Å². The standard InChI is InChI=1S/C44H48N8O4/c53-43(51-23-27-55-28-24-51)35-11-5-9-33-39(31-7-1-3-13-37(31)47-41(33)35)45-15-17-49-19-21-50(22-20-49)18-16-46-40-32-8-2-4-14-38(32)48-42-34(40)10-6-12-36(42)44(54)52-25-29-56-30-26-52/h1-14H,15-30H2,(H,45,47)(H,46,48). The molecule has 3 aliphatic rings. The zero-order valence-electron chi connectivity index (χ0n) is 31.7. The number of aromatic nitrogens is 2. The zero-order valence-corrected chi connectivity index (χ0v) is 31.7. The number of piperazine rings is 1. The van der Waals surface area contributed by atoms with E-state index in [9.17, 15) is 9.59 Å². The van der Waals surface area contributed by atoms with Crippen molar-refractivity contribution in [3.05, 3.63) is 96.1 Å². The minimum absolute atomic E-state index is 0.00767. The number of pyridine rings is 2. The van der Waals surface area contributed by atoms with Crippen LogP contribution in [0.15, 0.2) is 84.9 Å². The first-order chi connectivity index (χ1) is 27.6. The number of hydrogen-bond acceptors (Lipinski definition) is 10. The summed E-state index contributed by atoms with van der Waals surface area (Å²) in [4.78, 5) is 46.0. The van der Waals surface area contributed by atoms with Crippen molar-refractivity contribution < 1.29 is 19.1 Å². The molecule has 0 aliphatic carbocycles. The first-order valence-electron chi connectivity index (χ1n) is 19.9. The van der Waals surface area contributed by atoms with Crippen LogP contribution in [-0.4, -0.2) is 146 Å². The Morgan fingerprint density at radius 3 is 1.32 bits per heavy atom. The van der Waals surface area contributed by atoms with Gasteiger partial charge in [-0.3, -0.25) is 19.4 Å². The molecule has 2 amide bonds. The number of carbonyl (C=O) groups is 2. The summed E-state index contributed by atoms with van der Waals surface area (Å²) in [5.74, 6) is 0.0153. The molecule has 9 rings (SSSR count). The summed E-state index contributed by atoms with van der Waals surface area (Å²) < 4.78 is 11.0. The van der Waals surface area contributed by atoms with Crippen molar-refractivity contribution >= 4 is 66.8 Å². The van der Waals surface area contributed by atoms with Crippen LogP contribution in [0.3, 0.4) is 0 Å². The smallest absolute Gasteiger partial charge is 0.256 e. The number of carbonyl (C=O) groups excluding carboxylic acids is 2. The number of morpholine rings is 2. The molecular formula is C44H48N8O4. The minimum atomic E-state index is 0.00767. The van der Waals surface area contributed by atoms with Crippen molar-refractivity contribution in [2.75, 3.05) is 116 Å². The molecule has 0 spiro atoms. The second-order valence-corrected chi connectivity index (χ2v) is 14.8. The Balaban J connectivity index is 0.837. The number of benzene rings is 4. The van der Waals surface area contributed by atoms with Crippen molar-refractivity contribution in [2.24, 2.45) is 0 Å². The Morgan fingerprint density at radius 1 is 0.500 bits per heavy atom. The molecule has 12 nitrogen and oxygen atoms in total. The van der Waals surface area contributed by atoms with E-state index in [1.165, 1.54) is 0 Å². The fourth-order valence-corrected chi connectivity index (χ4v) is 8.34. The van der Waals surface area contributed by atoms with Gasteiger partial charge in [0.15, 0.2) is 0 Å². The molecule has 0 unspecified atom stereocenters. The summed E-state index contributed by atoms with van der Waals surface area (Å²) in [6.07, 6.45) is 0. The number of para-hydroxylation sites is 4. The van der Waals surface area contributed by atoms with Crippen molar-refractivity contribution in [2.45, 2.75) is 0 Å². The Bertz CT molecular complexity index is 2220. The molecule has 0 atom stereocenters. The van der Waals surface area contributed by atoms with Crippen LogP contribution >= 0.6 is 0 Å². The van der Waals surface area contributed by atoms with E-state index in [4.69, 9.17) is 19.4 Å². The molecule has 0 saturated carbocycles. The molecule has 3 fully saturated rings. The monoisotopic (exact) mass is 752 g/mol. The average Bonchev–Trinajstić information content (AvgIpc) is 3.26. The Morgan fingerprint density at radius 2 is 0.893 bits per heavy atom. The molecule has 0 bridgehead atoms. The number of amides is 2. The van der Waals surface area contributed by atoms with E-state index in [1.807, 2.05) is 70.5 Å². The van der Waals surface area contributed by atoms with E-state index in [2.05, 4.69) is 44.7 Å². The normalized spacial score (nSPS) is 17.2. The van der Waals surface area contributed by atoms with Crippen LogP contribution in [0.5, 0.6) is 0 Å². The largest absolute Gasteiger partial charge is 0.383 e. The van der Waals surface area contributed by atoms with E-state index < -0.39 is 0 Å². The first kappa shape index (κ1) is 36.3. The third kappa shape index (κ3) is 7.33. The molecule has 2 aromatic heterocycles. The summed E-state index contributed by atoms with van der Waals surface area (Å²) in [6, 6.07) is 28.2. The number of anilines is 2. The van der Waals surface area contributed by atoms with E-state index in [0.29, 0.717) is 63.7 Å². The highest BCUT2D eigenvalue weighted by molar-refractivity contribution is 6.15. The predicted octanol–water partition coefficient (Wildman–Crippen LogP) is 5.18. The lowest BCUT2D eigenvalue weighted by atomic mass is 10.0. The number of hydrogen-bond donors (Lipinski definition) is 2. The van der Waals surface area contributed by atoms with Gasteiger partial charge < -0.3 is 29.9 Å². The Labute approximate surface area is 326 Å². The topological polar surface area (TPSA) is 115 Å². The number of nitrogens with zero attached hydrogens (tertiary/aromatic N) is 6. The van der Waals surface area contributed by atoms with Crippen LogP contribution in [0.25, 0.3) is 43.6 Å². The highest BCUT2D eigenvalue weighted by Gasteiger charge is 2.25. The maximum atomic E-state index is 13.6. The highest BCUT2D eigenvalue weighted by Crippen LogP contribution is 2.34. The number of rotatable bonds is 10. The van der Waals surface area contributed by atoms with E-state index in [1.54, 1.807) is 0 Å². The molecule has 5 heterocycles. The predicted molar refractivity (Wildman–Crippen MR) is 222 cm³/mol. The van der Waals surface area contributed by atoms with Gasteiger partial charge in [-0.05, 0) is 24.3 Å². The molecule has 3 saturated heterocycles. The zero-order chi connectivity index (χ0) is 37.8. The third-order valence-corrected chi connectivity index (χ3v) is 11.4. The van der Waals surface area contributed by atoms with Crippen molar-refractivity contribution in [1.29, 1.82) is 0 Å². The van der Waals surface area contributed by atoms with Gasteiger partial charge in [-0.15, -0.1) is 0 Å². The first-order valence-corrected chi connectivity index (χ1v) is 19.9.